The molecule has 1 aromatic heterocycles. The summed E-state index contributed by atoms with van der Waals surface area (Å²) in [4.78, 5) is 14.0. The van der Waals surface area contributed by atoms with Gasteiger partial charge in [0.2, 0.25) is 11.0 Å². The van der Waals surface area contributed by atoms with Crippen molar-refractivity contribution in [2.24, 2.45) is 10.3 Å². The number of hydrogen-bond donors (Lipinski definition) is 0. The Balaban J connectivity index is 2.91. The molecule has 8 heteroatoms. The van der Waals surface area contributed by atoms with Gasteiger partial charge in [0.25, 0.3) is 0 Å². The number of aromatic nitrogens is 3. The van der Waals surface area contributed by atoms with Gasteiger partial charge in [-0.3, -0.25) is 0 Å². The van der Waals surface area contributed by atoms with Gasteiger partial charge in [-0.25, -0.2) is 4.98 Å². The molecule has 1 rings (SSSR count). The molecule has 0 spiro atoms. The highest BCUT2D eigenvalue weighted by molar-refractivity contribution is 6.83. The number of halogens is 1. The Bertz CT molecular complexity index is 414. The third-order valence-electron chi connectivity index (χ3n) is 1.51. The fraction of sp³-hybridized carbons (Fsp3) is 0.600. The molecule has 0 unspecified atom stereocenters. The van der Waals surface area contributed by atoms with E-state index in [1.54, 1.807) is 0 Å². The molecule has 100 valence electrons. The lowest BCUT2D eigenvalue weighted by molar-refractivity contribution is 0.0829. The van der Waals surface area contributed by atoms with Crippen LogP contribution in [0.25, 0.3) is 0 Å². The largest absolute Gasteiger partial charge is 0.392 e. The minimum atomic E-state index is -0.0843. The second-order valence-corrected chi connectivity index (χ2v) is 4.30. The highest BCUT2D eigenvalue weighted by atomic mass is 35.5. The average Bonchev–Trinajstić information content (AvgIpc) is 2.79. The molecule has 0 N–H and O–H groups in total. The molecule has 7 nitrogen and oxygen atoms in total. The summed E-state index contributed by atoms with van der Waals surface area (Å²) in [5.74, 6) is 0.212. The maximum absolute atomic E-state index is 5.99. The summed E-state index contributed by atoms with van der Waals surface area (Å²) < 4.78 is 1.35. The first kappa shape index (κ1) is 14.4. The first-order valence-corrected chi connectivity index (χ1v) is 5.87. The fourth-order valence-electron chi connectivity index (χ4n) is 0.839. The molecule has 0 radical (unpaired) electrons. The summed E-state index contributed by atoms with van der Waals surface area (Å²) in [7, 11) is 0. The third-order valence-corrected chi connectivity index (χ3v) is 1.75. The van der Waals surface area contributed by atoms with Crippen molar-refractivity contribution in [3.63, 3.8) is 0 Å². The molecule has 0 amide bonds. The van der Waals surface area contributed by atoms with Crippen molar-refractivity contribution in [2.75, 3.05) is 0 Å². The van der Waals surface area contributed by atoms with E-state index in [2.05, 4.69) is 20.4 Å². The highest BCUT2D eigenvalue weighted by Gasteiger charge is 2.13. The van der Waals surface area contributed by atoms with Crippen LogP contribution < -0.4 is 0 Å². The maximum atomic E-state index is 5.99. The van der Waals surface area contributed by atoms with Crippen LogP contribution in [0.5, 0.6) is 0 Å². The van der Waals surface area contributed by atoms with Crippen LogP contribution in [-0.2, 0) is 9.68 Å². The molecule has 0 aromatic carbocycles. The van der Waals surface area contributed by atoms with Crippen molar-refractivity contribution in [1.29, 1.82) is 0 Å². The van der Waals surface area contributed by atoms with Gasteiger partial charge in [-0.1, -0.05) is 21.9 Å². The molecular weight excluding hydrogens is 258 g/mol. The summed E-state index contributed by atoms with van der Waals surface area (Å²) in [6.07, 6.45) is 2.63. The topological polar surface area (TPSA) is 73.9 Å². The molecule has 0 aliphatic heterocycles. The van der Waals surface area contributed by atoms with Crippen LogP contribution in [0.4, 0.5) is 0 Å². The van der Waals surface area contributed by atoms with Crippen LogP contribution in [0.1, 0.15) is 27.7 Å². The number of nitrogens with zero attached hydrogens (tertiary/aromatic N) is 5. The van der Waals surface area contributed by atoms with Crippen LogP contribution in [-0.4, -0.2) is 38.0 Å². The van der Waals surface area contributed by atoms with Gasteiger partial charge >= 0.3 is 0 Å². The van der Waals surface area contributed by atoms with E-state index >= 15 is 0 Å². The molecule has 1 aromatic rings. The molecule has 0 fully saturated rings. The van der Waals surface area contributed by atoms with Gasteiger partial charge < -0.3 is 9.68 Å². The quantitative estimate of drug-likeness (QED) is 0.466. The second kappa shape index (κ2) is 6.95. The standard InChI is InChI=1S/C10H16ClN5O2/c1-7(2)17-14-9(11)10(15-18-8(3)4)16-6-12-5-13-16/h5-8H,1-4H3. The molecule has 0 saturated carbocycles. The monoisotopic (exact) mass is 273 g/mol. The van der Waals surface area contributed by atoms with Crippen molar-refractivity contribution in [3.05, 3.63) is 12.7 Å². The minimum Gasteiger partial charge on any atom is -0.392 e. The van der Waals surface area contributed by atoms with Gasteiger partial charge in [-0.15, -0.1) is 0 Å². The van der Waals surface area contributed by atoms with E-state index < -0.39 is 0 Å². The van der Waals surface area contributed by atoms with Crippen molar-refractivity contribution in [2.45, 2.75) is 39.9 Å². The Morgan fingerprint density at radius 3 is 2.28 bits per heavy atom. The first-order chi connectivity index (χ1) is 8.50. The van der Waals surface area contributed by atoms with E-state index in [-0.39, 0.29) is 23.2 Å². The zero-order chi connectivity index (χ0) is 13.5. The summed E-state index contributed by atoms with van der Waals surface area (Å²) in [5, 5.41) is 11.6. The predicted molar refractivity (Wildman–Crippen MR) is 68.6 cm³/mol. The van der Waals surface area contributed by atoms with Gasteiger partial charge in [0.1, 0.15) is 24.9 Å². The van der Waals surface area contributed by atoms with Crippen LogP contribution in [0.3, 0.4) is 0 Å². The Kier molecular flexibility index (Phi) is 5.57. The lowest BCUT2D eigenvalue weighted by Gasteiger charge is -2.07. The zero-order valence-corrected chi connectivity index (χ0v) is 11.5. The first-order valence-electron chi connectivity index (χ1n) is 5.49. The van der Waals surface area contributed by atoms with E-state index in [4.69, 9.17) is 21.3 Å². The van der Waals surface area contributed by atoms with E-state index in [1.807, 2.05) is 27.7 Å². The van der Waals surface area contributed by atoms with E-state index in [0.29, 0.717) is 0 Å². The Labute approximate surface area is 110 Å². The third kappa shape index (κ3) is 4.70. The van der Waals surface area contributed by atoms with E-state index in [9.17, 15) is 0 Å². The average molecular weight is 274 g/mol. The molecule has 0 bridgehead atoms. The summed E-state index contributed by atoms with van der Waals surface area (Å²) in [6, 6.07) is 0. The Morgan fingerprint density at radius 2 is 1.78 bits per heavy atom. The minimum absolute atomic E-state index is 0.0369. The van der Waals surface area contributed by atoms with E-state index in [0.717, 1.165) is 0 Å². The Morgan fingerprint density at radius 1 is 1.17 bits per heavy atom. The number of rotatable bonds is 5. The Hall–Kier alpha value is -1.63. The highest BCUT2D eigenvalue weighted by Crippen LogP contribution is 2.00. The van der Waals surface area contributed by atoms with Crippen molar-refractivity contribution >= 4 is 22.6 Å². The fourth-order valence-corrected chi connectivity index (χ4v) is 1.00. The molecule has 0 aliphatic carbocycles. The molecule has 1 heterocycles. The van der Waals surface area contributed by atoms with Gasteiger partial charge in [0, 0.05) is 0 Å². The van der Waals surface area contributed by atoms with Gasteiger partial charge in [0.05, 0.1) is 0 Å². The number of hydrogen-bond acceptors (Lipinski definition) is 6. The summed E-state index contributed by atoms with van der Waals surface area (Å²) >= 11 is 5.99. The van der Waals surface area contributed by atoms with Crippen molar-refractivity contribution < 1.29 is 9.68 Å². The summed E-state index contributed by atoms with van der Waals surface area (Å²) in [5.41, 5.74) is 0. The van der Waals surface area contributed by atoms with Crippen LogP contribution in [0.2, 0.25) is 0 Å². The van der Waals surface area contributed by atoms with E-state index in [1.165, 1.54) is 17.3 Å². The predicted octanol–water partition coefficient (Wildman–Crippen LogP) is 1.84. The lowest BCUT2D eigenvalue weighted by Crippen LogP contribution is -2.21. The van der Waals surface area contributed by atoms with Crippen LogP contribution >= 0.6 is 11.6 Å². The van der Waals surface area contributed by atoms with Crippen LogP contribution in [0.15, 0.2) is 23.0 Å². The maximum Gasteiger partial charge on any atom is 0.235 e. The lowest BCUT2D eigenvalue weighted by atomic mass is 10.5. The molecule has 0 aliphatic rings. The van der Waals surface area contributed by atoms with Crippen molar-refractivity contribution in [1.82, 2.24) is 14.8 Å². The molecule has 18 heavy (non-hydrogen) atoms. The molecule has 0 atom stereocenters. The van der Waals surface area contributed by atoms with Gasteiger partial charge in [-0.05, 0) is 27.7 Å². The van der Waals surface area contributed by atoms with Gasteiger partial charge in [-0.2, -0.15) is 9.78 Å². The zero-order valence-electron chi connectivity index (χ0n) is 10.7. The normalized spacial score (nSPS) is 13.3. The second-order valence-electron chi connectivity index (χ2n) is 3.95. The summed E-state index contributed by atoms with van der Waals surface area (Å²) in [6.45, 7) is 7.37. The SMILES string of the molecule is CC(C)ON=C(Cl)C(=NOC(C)C)n1cncn1. The van der Waals surface area contributed by atoms with Crippen LogP contribution in [0, 0.1) is 0 Å². The number of oxime groups is 2. The molecule has 0 saturated heterocycles. The molecular formula is C10H16ClN5O2. The van der Waals surface area contributed by atoms with Crippen molar-refractivity contribution in [3.8, 4) is 0 Å². The van der Waals surface area contributed by atoms with Gasteiger partial charge in [0.15, 0.2) is 0 Å². The smallest absolute Gasteiger partial charge is 0.235 e.